The van der Waals surface area contributed by atoms with E-state index in [0.29, 0.717) is 0 Å². The third-order valence-electron chi connectivity index (χ3n) is 6.23. The van der Waals surface area contributed by atoms with Crippen LogP contribution in [0.1, 0.15) is 18.9 Å². The van der Waals surface area contributed by atoms with E-state index in [9.17, 15) is 0 Å². The molecule has 0 aliphatic heterocycles. The van der Waals surface area contributed by atoms with E-state index >= 15 is 0 Å². The molecule has 0 unspecified atom stereocenters. The Hall–Kier alpha value is -4.36. The first kappa shape index (κ1) is 21.2. The molecule has 0 amide bonds. The largest absolute Gasteiger partial charge is 0.338 e. The minimum atomic E-state index is 0.815. The smallest absolute Gasteiger partial charge is 0.138 e. The minimum Gasteiger partial charge on any atom is -0.338 e. The molecule has 0 spiro atoms. The normalized spacial score (nSPS) is 11.5. The number of hydrogen-bond donors (Lipinski definition) is 3. The summed E-state index contributed by atoms with van der Waals surface area (Å²) >= 11 is 0. The molecule has 0 bridgehead atoms. The van der Waals surface area contributed by atoms with Crippen molar-refractivity contribution < 1.29 is 0 Å². The molecule has 1 aromatic carbocycles. The van der Waals surface area contributed by atoms with Gasteiger partial charge in [0.05, 0.1) is 11.2 Å². The van der Waals surface area contributed by atoms with Crippen molar-refractivity contribution in [3.8, 4) is 33.6 Å². The first-order valence-corrected chi connectivity index (χ1v) is 11.8. The quantitative estimate of drug-likeness (QED) is 0.265. The van der Waals surface area contributed by atoms with E-state index in [1.165, 1.54) is 5.56 Å². The van der Waals surface area contributed by atoms with Crippen LogP contribution < -0.4 is 5.32 Å². The van der Waals surface area contributed by atoms with Gasteiger partial charge in [-0.15, -0.1) is 0 Å². The van der Waals surface area contributed by atoms with Crippen LogP contribution in [0.3, 0.4) is 0 Å². The standard InChI is InChI=1S/C28H25N7/c1-2-8-30-15-18-12-21(17-31-16-18)20-3-4-25-24(13-20)27(35-34-25)26-14-23-22(7-11-32-28(23)33-26)19-5-9-29-10-6-19/h3-7,9-14,16-17,30H,2,8,15H2,1H3,(H,32,33)(H,34,35). The number of fused-ring (bicyclic) bond motifs is 2. The highest BCUT2D eigenvalue weighted by atomic mass is 15.1. The number of aromatic amines is 2. The van der Waals surface area contributed by atoms with Gasteiger partial charge in [-0.1, -0.05) is 13.0 Å². The van der Waals surface area contributed by atoms with Gasteiger partial charge in [0.15, 0.2) is 0 Å². The summed E-state index contributed by atoms with van der Waals surface area (Å²) in [5, 5.41) is 13.4. The van der Waals surface area contributed by atoms with E-state index in [0.717, 1.165) is 75.1 Å². The third-order valence-corrected chi connectivity index (χ3v) is 6.23. The maximum atomic E-state index is 4.65. The Morgan fingerprint density at radius 1 is 0.829 bits per heavy atom. The van der Waals surface area contributed by atoms with Crippen LogP contribution in [-0.2, 0) is 6.54 Å². The summed E-state index contributed by atoms with van der Waals surface area (Å²) in [7, 11) is 0. The molecular formula is C28H25N7. The van der Waals surface area contributed by atoms with Crippen molar-refractivity contribution in [2.45, 2.75) is 19.9 Å². The number of hydrogen-bond acceptors (Lipinski definition) is 5. The van der Waals surface area contributed by atoms with Crippen molar-refractivity contribution in [1.82, 2.24) is 35.5 Å². The maximum Gasteiger partial charge on any atom is 0.138 e. The van der Waals surface area contributed by atoms with Gasteiger partial charge in [-0.05, 0) is 77.7 Å². The molecule has 0 atom stereocenters. The molecule has 35 heavy (non-hydrogen) atoms. The van der Waals surface area contributed by atoms with Crippen LogP contribution in [0, 0.1) is 0 Å². The number of H-pyrrole nitrogens is 2. The van der Waals surface area contributed by atoms with E-state index in [2.05, 4.69) is 72.7 Å². The predicted octanol–water partition coefficient (Wildman–Crippen LogP) is 5.73. The Morgan fingerprint density at radius 3 is 2.63 bits per heavy atom. The zero-order chi connectivity index (χ0) is 23.6. The molecule has 3 N–H and O–H groups in total. The minimum absolute atomic E-state index is 0.815. The second kappa shape index (κ2) is 9.12. The molecule has 0 aliphatic carbocycles. The number of benzene rings is 1. The Balaban J connectivity index is 1.40. The van der Waals surface area contributed by atoms with Gasteiger partial charge in [-0.2, -0.15) is 5.10 Å². The highest BCUT2D eigenvalue weighted by Crippen LogP contribution is 2.34. The van der Waals surface area contributed by atoms with E-state index < -0.39 is 0 Å². The van der Waals surface area contributed by atoms with Crippen LogP contribution in [0.4, 0.5) is 0 Å². The molecule has 0 saturated heterocycles. The van der Waals surface area contributed by atoms with Gasteiger partial charge in [0.2, 0.25) is 0 Å². The number of aromatic nitrogens is 6. The van der Waals surface area contributed by atoms with Gasteiger partial charge in [-0.25, -0.2) is 4.98 Å². The van der Waals surface area contributed by atoms with Crippen LogP contribution in [0.5, 0.6) is 0 Å². The van der Waals surface area contributed by atoms with Crippen LogP contribution in [0.2, 0.25) is 0 Å². The lowest BCUT2D eigenvalue weighted by Crippen LogP contribution is -2.13. The average Bonchev–Trinajstić information content (AvgIpc) is 3.53. The monoisotopic (exact) mass is 459 g/mol. The second-order valence-electron chi connectivity index (χ2n) is 8.63. The van der Waals surface area contributed by atoms with Crippen molar-refractivity contribution in [1.29, 1.82) is 0 Å². The predicted molar refractivity (Wildman–Crippen MR) is 140 cm³/mol. The molecule has 6 rings (SSSR count). The number of pyridine rings is 3. The number of nitrogens with zero attached hydrogens (tertiary/aromatic N) is 4. The summed E-state index contributed by atoms with van der Waals surface area (Å²) in [6.07, 6.45) is 10.4. The fourth-order valence-electron chi connectivity index (χ4n) is 4.49. The Bertz CT molecular complexity index is 1620. The lowest BCUT2D eigenvalue weighted by molar-refractivity contribution is 0.674. The van der Waals surface area contributed by atoms with Gasteiger partial charge < -0.3 is 10.3 Å². The van der Waals surface area contributed by atoms with Gasteiger partial charge in [0.1, 0.15) is 11.3 Å². The Labute approximate surface area is 202 Å². The summed E-state index contributed by atoms with van der Waals surface area (Å²) in [5.74, 6) is 0. The van der Waals surface area contributed by atoms with Gasteiger partial charge in [-0.3, -0.25) is 15.1 Å². The van der Waals surface area contributed by atoms with E-state index in [1.54, 1.807) is 0 Å². The summed E-state index contributed by atoms with van der Waals surface area (Å²) in [5.41, 5.74) is 9.20. The molecular weight excluding hydrogens is 434 g/mol. The topological polar surface area (TPSA) is 95.2 Å². The van der Waals surface area contributed by atoms with Crippen LogP contribution >= 0.6 is 0 Å². The van der Waals surface area contributed by atoms with Gasteiger partial charge in [0.25, 0.3) is 0 Å². The lowest BCUT2D eigenvalue weighted by Gasteiger charge is -2.07. The van der Waals surface area contributed by atoms with Crippen LogP contribution in [-0.4, -0.2) is 36.7 Å². The summed E-state index contributed by atoms with van der Waals surface area (Å²) in [6, 6.07) is 16.7. The fourth-order valence-corrected chi connectivity index (χ4v) is 4.49. The van der Waals surface area contributed by atoms with Gasteiger partial charge in [0, 0.05) is 53.9 Å². The zero-order valence-electron chi connectivity index (χ0n) is 19.4. The molecule has 0 aliphatic rings. The highest BCUT2D eigenvalue weighted by Gasteiger charge is 2.15. The SMILES string of the molecule is CCCNCc1cncc(-c2ccc3[nH]nc(-c4cc5c(-c6ccncc6)ccnc5[nH]4)c3c2)c1. The molecule has 0 radical (unpaired) electrons. The average molecular weight is 460 g/mol. The van der Waals surface area contributed by atoms with Crippen molar-refractivity contribution in [3.63, 3.8) is 0 Å². The Morgan fingerprint density at radius 2 is 1.74 bits per heavy atom. The molecule has 0 saturated carbocycles. The molecule has 7 heteroatoms. The van der Waals surface area contributed by atoms with Crippen molar-refractivity contribution in [2.24, 2.45) is 0 Å². The molecule has 6 aromatic rings. The van der Waals surface area contributed by atoms with E-state index in [4.69, 9.17) is 0 Å². The fraction of sp³-hybridized carbons (Fsp3) is 0.143. The van der Waals surface area contributed by atoms with E-state index in [1.807, 2.05) is 49.2 Å². The lowest BCUT2D eigenvalue weighted by atomic mass is 10.0. The third kappa shape index (κ3) is 4.06. The molecule has 0 fully saturated rings. The van der Waals surface area contributed by atoms with Crippen molar-refractivity contribution in [3.05, 3.63) is 85.1 Å². The number of nitrogens with one attached hydrogen (secondary N) is 3. The van der Waals surface area contributed by atoms with Crippen molar-refractivity contribution >= 4 is 21.9 Å². The summed E-state index contributed by atoms with van der Waals surface area (Å²) in [6.45, 7) is 3.98. The molecule has 5 heterocycles. The zero-order valence-corrected chi connectivity index (χ0v) is 19.4. The maximum absolute atomic E-state index is 4.65. The first-order chi connectivity index (χ1) is 17.3. The van der Waals surface area contributed by atoms with Crippen LogP contribution in [0.25, 0.3) is 55.6 Å². The molecule has 5 aromatic heterocycles. The first-order valence-electron chi connectivity index (χ1n) is 11.8. The highest BCUT2D eigenvalue weighted by molar-refractivity contribution is 6.00. The van der Waals surface area contributed by atoms with E-state index in [-0.39, 0.29) is 0 Å². The van der Waals surface area contributed by atoms with Gasteiger partial charge >= 0.3 is 0 Å². The summed E-state index contributed by atoms with van der Waals surface area (Å²) < 4.78 is 0. The van der Waals surface area contributed by atoms with Crippen LogP contribution in [0.15, 0.2) is 79.5 Å². The summed E-state index contributed by atoms with van der Waals surface area (Å²) in [4.78, 5) is 16.6. The molecule has 172 valence electrons. The Kier molecular flexibility index (Phi) is 5.52. The molecule has 7 nitrogen and oxygen atoms in total. The van der Waals surface area contributed by atoms with Crippen molar-refractivity contribution in [2.75, 3.05) is 6.54 Å². The second-order valence-corrected chi connectivity index (χ2v) is 8.63. The number of rotatable bonds is 7.